The molecule has 6 atom stereocenters. The molecule has 2 amide bonds. The van der Waals surface area contributed by atoms with Crippen LogP contribution in [-0.4, -0.2) is 71.6 Å². The van der Waals surface area contributed by atoms with E-state index in [0.29, 0.717) is 25.0 Å². The van der Waals surface area contributed by atoms with Crippen molar-refractivity contribution in [3.8, 4) is 0 Å². The highest BCUT2D eigenvalue weighted by molar-refractivity contribution is 7.09. The molecule has 0 spiro atoms. The summed E-state index contributed by atoms with van der Waals surface area (Å²) >= 11 is 1.61. The number of aromatic nitrogens is 1. The molecule has 3 fully saturated rings. The maximum Gasteiger partial charge on any atom is 0.309 e. The van der Waals surface area contributed by atoms with Gasteiger partial charge < -0.3 is 20.3 Å². The second-order valence-corrected chi connectivity index (χ2v) is 11.0. The first-order valence-corrected chi connectivity index (χ1v) is 13.6. The molecule has 0 aliphatic carbocycles. The molecular formula is C24H36N6O3S. The number of piperidine rings is 3. The molecule has 3 saturated heterocycles. The highest BCUT2D eigenvalue weighted by Crippen LogP contribution is 2.28. The SMILES string of the molecule is CC1CCC(c2csc(CNC(=O)[C@H]3CCCN(C(=O)C4=NC5NCCCC5O4)[C@H]3C)n2)CN1. The molecular weight excluding hydrogens is 452 g/mol. The van der Waals surface area contributed by atoms with Gasteiger partial charge in [-0.1, -0.05) is 0 Å². The Morgan fingerprint density at radius 1 is 1.21 bits per heavy atom. The van der Waals surface area contributed by atoms with Crippen LogP contribution in [-0.2, 0) is 20.9 Å². The van der Waals surface area contributed by atoms with Crippen molar-refractivity contribution in [1.29, 1.82) is 0 Å². The lowest BCUT2D eigenvalue weighted by Crippen LogP contribution is -2.53. The zero-order valence-corrected chi connectivity index (χ0v) is 20.9. The standard InChI is InChI=1S/C24H36N6O3S/c1-14-7-8-16(11-26-14)18-13-34-20(28-18)12-27-22(31)17-5-4-10-30(15(17)2)24(32)23-29-21-19(33-23)6-3-9-25-21/h13-17,19,21,25-26H,3-12H2,1-2H3,(H,27,31)/t14?,15-,16?,17-,19?,21?/m0/s1. The normalized spacial score (nSPS) is 33.6. The van der Waals surface area contributed by atoms with Crippen molar-refractivity contribution in [1.82, 2.24) is 25.8 Å². The van der Waals surface area contributed by atoms with Crippen LogP contribution >= 0.6 is 11.3 Å². The number of likely N-dealkylation sites (tertiary alicyclic amines) is 1. The lowest BCUT2D eigenvalue weighted by Gasteiger charge is -2.38. The van der Waals surface area contributed by atoms with E-state index in [9.17, 15) is 9.59 Å². The monoisotopic (exact) mass is 488 g/mol. The van der Waals surface area contributed by atoms with E-state index in [0.717, 1.165) is 55.9 Å². The van der Waals surface area contributed by atoms with Gasteiger partial charge >= 0.3 is 5.91 Å². The van der Waals surface area contributed by atoms with Gasteiger partial charge in [0.1, 0.15) is 17.3 Å². The van der Waals surface area contributed by atoms with Crippen LogP contribution in [0.4, 0.5) is 0 Å². The number of carbonyl (C=O) groups excluding carboxylic acids is 2. The minimum Gasteiger partial charge on any atom is -0.467 e. The molecule has 5 heterocycles. The minimum absolute atomic E-state index is 0.0143. The number of aliphatic imine (C=N–C) groups is 1. The third-order valence-corrected chi connectivity index (χ3v) is 8.59. The molecule has 3 N–H and O–H groups in total. The zero-order valence-electron chi connectivity index (χ0n) is 20.1. The lowest BCUT2D eigenvalue weighted by molar-refractivity contribution is -0.135. The van der Waals surface area contributed by atoms with Gasteiger partial charge in [0.25, 0.3) is 5.90 Å². The molecule has 0 bridgehead atoms. The topological polar surface area (TPSA) is 108 Å². The van der Waals surface area contributed by atoms with Crippen LogP contribution in [0.5, 0.6) is 0 Å². The molecule has 1 aromatic rings. The third kappa shape index (κ3) is 4.99. The molecule has 0 saturated carbocycles. The smallest absolute Gasteiger partial charge is 0.309 e. The number of rotatable bonds is 5. The molecule has 4 unspecified atom stereocenters. The Bertz CT molecular complexity index is 928. The van der Waals surface area contributed by atoms with Crippen LogP contribution in [0.1, 0.15) is 69.0 Å². The number of nitrogens with zero attached hydrogens (tertiary/aromatic N) is 3. The largest absolute Gasteiger partial charge is 0.467 e. The first kappa shape index (κ1) is 23.7. The summed E-state index contributed by atoms with van der Waals surface area (Å²) in [6, 6.07) is 0.371. The quantitative estimate of drug-likeness (QED) is 0.583. The van der Waals surface area contributed by atoms with Crippen molar-refractivity contribution in [2.45, 2.75) is 89.2 Å². The van der Waals surface area contributed by atoms with Crippen molar-refractivity contribution in [3.63, 3.8) is 0 Å². The molecule has 0 aromatic carbocycles. The van der Waals surface area contributed by atoms with Gasteiger partial charge in [-0.05, 0) is 58.9 Å². The lowest BCUT2D eigenvalue weighted by atomic mass is 9.89. The highest BCUT2D eigenvalue weighted by atomic mass is 32.1. The summed E-state index contributed by atoms with van der Waals surface area (Å²) in [7, 11) is 0. The van der Waals surface area contributed by atoms with Crippen molar-refractivity contribution in [3.05, 3.63) is 16.1 Å². The van der Waals surface area contributed by atoms with Gasteiger partial charge in [-0.15, -0.1) is 11.3 Å². The Morgan fingerprint density at radius 2 is 2.09 bits per heavy atom. The molecule has 4 aliphatic heterocycles. The zero-order chi connectivity index (χ0) is 23.7. The molecule has 186 valence electrons. The molecule has 0 radical (unpaired) electrons. The van der Waals surface area contributed by atoms with Gasteiger partial charge in [0.05, 0.1) is 18.2 Å². The van der Waals surface area contributed by atoms with E-state index in [-0.39, 0.29) is 41.9 Å². The van der Waals surface area contributed by atoms with Gasteiger partial charge in [0.2, 0.25) is 5.91 Å². The number of carbonyl (C=O) groups is 2. The number of ether oxygens (including phenoxy) is 1. The number of fused-ring (bicyclic) bond motifs is 1. The average Bonchev–Trinajstić information content (AvgIpc) is 3.50. The summed E-state index contributed by atoms with van der Waals surface area (Å²) in [6.45, 7) is 7.10. The van der Waals surface area contributed by atoms with Gasteiger partial charge in [-0.2, -0.15) is 0 Å². The fourth-order valence-corrected chi connectivity index (χ4v) is 6.36. The van der Waals surface area contributed by atoms with Gasteiger partial charge in [-0.3, -0.25) is 14.9 Å². The molecule has 34 heavy (non-hydrogen) atoms. The van der Waals surface area contributed by atoms with Gasteiger partial charge in [-0.25, -0.2) is 9.98 Å². The first-order chi connectivity index (χ1) is 16.5. The molecule has 5 rings (SSSR count). The Morgan fingerprint density at radius 3 is 2.88 bits per heavy atom. The van der Waals surface area contributed by atoms with Crippen LogP contribution in [0.15, 0.2) is 10.4 Å². The van der Waals surface area contributed by atoms with Crippen LogP contribution in [0.3, 0.4) is 0 Å². The van der Waals surface area contributed by atoms with Crippen molar-refractivity contribution < 1.29 is 14.3 Å². The second kappa shape index (κ2) is 10.3. The Hall–Kier alpha value is -2.04. The Balaban J connectivity index is 1.15. The maximum atomic E-state index is 13.2. The van der Waals surface area contributed by atoms with Gasteiger partial charge in [0, 0.05) is 36.5 Å². The third-order valence-electron chi connectivity index (χ3n) is 7.72. The van der Waals surface area contributed by atoms with Crippen LogP contribution < -0.4 is 16.0 Å². The fraction of sp³-hybridized carbons (Fsp3) is 0.750. The van der Waals surface area contributed by atoms with E-state index < -0.39 is 0 Å². The van der Waals surface area contributed by atoms with Crippen molar-refractivity contribution >= 4 is 29.0 Å². The fourth-order valence-electron chi connectivity index (χ4n) is 5.54. The van der Waals surface area contributed by atoms with E-state index in [2.05, 4.69) is 33.2 Å². The summed E-state index contributed by atoms with van der Waals surface area (Å²) in [4.78, 5) is 37.3. The number of hydrogen-bond acceptors (Lipinski definition) is 8. The van der Waals surface area contributed by atoms with Crippen LogP contribution in [0.25, 0.3) is 0 Å². The Kier molecular flexibility index (Phi) is 7.17. The van der Waals surface area contributed by atoms with E-state index in [1.165, 1.54) is 6.42 Å². The van der Waals surface area contributed by atoms with E-state index in [1.807, 2.05) is 6.92 Å². The summed E-state index contributed by atoms with van der Waals surface area (Å²) in [5, 5.41) is 13.0. The minimum atomic E-state index is -0.247. The molecule has 4 aliphatic rings. The van der Waals surface area contributed by atoms with Crippen LogP contribution in [0, 0.1) is 5.92 Å². The molecule has 1 aromatic heterocycles. The van der Waals surface area contributed by atoms with E-state index >= 15 is 0 Å². The predicted octanol–water partition coefficient (Wildman–Crippen LogP) is 1.75. The predicted molar refractivity (Wildman–Crippen MR) is 131 cm³/mol. The second-order valence-electron chi connectivity index (χ2n) is 10.1. The van der Waals surface area contributed by atoms with Crippen molar-refractivity contribution in [2.75, 3.05) is 19.6 Å². The summed E-state index contributed by atoms with van der Waals surface area (Å²) in [6.07, 6.45) is 5.64. The number of nitrogens with one attached hydrogen (secondary N) is 3. The van der Waals surface area contributed by atoms with Crippen LogP contribution in [0.2, 0.25) is 0 Å². The van der Waals surface area contributed by atoms with Crippen molar-refractivity contribution in [2.24, 2.45) is 10.9 Å². The Labute approximate surface area is 205 Å². The molecule has 9 nitrogen and oxygen atoms in total. The average molecular weight is 489 g/mol. The maximum absolute atomic E-state index is 13.2. The number of thiazole rings is 1. The van der Waals surface area contributed by atoms with E-state index in [1.54, 1.807) is 16.2 Å². The summed E-state index contributed by atoms with van der Waals surface area (Å²) < 4.78 is 5.87. The highest BCUT2D eigenvalue weighted by Gasteiger charge is 2.41. The van der Waals surface area contributed by atoms with Gasteiger partial charge in [0.15, 0.2) is 0 Å². The number of hydrogen-bond donors (Lipinski definition) is 3. The summed E-state index contributed by atoms with van der Waals surface area (Å²) in [5.74, 6) is 0.193. The first-order valence-electron chi connectivity index (χ1n) is 12.7. The summed E-state index contributed by atoms with van der Waals surface area (Å²) in [5.41, 5.74) is 1.13. The van der Waals surface area contributed by atoms with E-state index in [4.69, 9.17) is 9.72 Å². The number of amides is 2. The molecule has 10 heteroatoms.